The molecule has 4 heteroatoms. The topological polar surface area (TPSA) is 38.9 Å². The van der Waals surface area contributed by atoms with E-state index in [2.05, 4.69) is 29.0 Å². The maximum Gasteiger partial charge on any atom is 0.256 e. The Bertz CT molecular complexity index is 858. The lowest BCUT2D eigenvalue weighted by Crippen LogP contribution is -1.77. The Labute approximate surface area is 113 Å². The maximum atomic E-state index is 5.76. The average molecular weight is 266 g/mol. The molecule has 0 aliphatic heterocycles. The minimum absolute atomic E-state index is 0.599. The summed E-state index contributed by atoms with van der Waals surface area (Å²) in [7, 11) is 0. The van der Waals surface area contributed by atoms with Gasteiger partial charge in [0, 0.05) is 0 Å². The van der Waals surface area contributed by atoms with Crippen molar-refractivity contribution >= 4 is 32.7 Å². The van der Waals surface area contributed by atoms with E-state index in [1.165, 1.54) is 5.56 Å². The third kappa shape index (κ3) is 1.64. The van der Waals surface area contributed by atoms with Crippen molar-refractivity contribution in [3.8, 4) is 10.9 Å². The Hall–Kier alpha value is -2.20. The van der Waals surface area contributed by atoms with E-state index in [1.54, 1.807) is 11.3 Å². The molecular weight excluding hydrogens is 256 g/mol. The zero-order valence-electron chi connectivity index (χ0n) is 10.3. The lowest BCUT2D eigenvalue weighted by Gasteiger charge is -1.90. The number of oxazole rings is 1. The van der Waals surface area contributed by atoms with Gasteiger partial charge in [0.1, 0.15) is 5.52 Å². The molecule has 0 N–H and O–H groups in total. The zero-order chi connectivity index (χ0) is 12.8. The first kappa shape index (κ1) is 10.7. The van der Waals surface area contributed by atoms with E-state index in [0.29, 0.717) is 5.89 Å². The van der Waals surface area contributed by atoms with Gasteiger partial charge in [-0.15, -0.1) is 11.3 Å². The van der Waals surface area contributed by atoms with Crippen molar-refractivity contribution in [2.45, 2.75) is 6.92 Å². The largest absolute Gasteiger partial charge is 0.434 e. The number of fused-ring (bicyclic) bond motifs is 2. The molecule has 0 spiro atoms. The molecule has 0 radical (unpaired) electrons. The summed E-state index contributed by atoms with van der Waals surface area (Å²) in [6.45, 7) is 2.07. The molecule has 3 nitrogen and oxygen atoms in total. The van der Waals surface area contributed by atoms with Gasteiger partial charge in [-0.25, -0.2) is 9.97 Å². The number of hydrogen-bond donors (Lipinski definition) is 0. The highest BCUT2D eigenvalue weighted by atomic mass is 32.1. The van der Waals surface area contributed by atoms with Crippen LogP contribution in [0.3, 0.4) is 0 Å². The second kappa shape index (κ2) is 3.90. The first-order valence-corrected chi connectivity index (χ1v) is 6.85. The van der Waals surface area contributed by atoms with Crippen LogP contribution < -0.4 is 0 Å². The molecule has 0 atom stereocenters. The molecule has 0 amide bonds. The highest BCUT2D eigenvalue weighted by Gasteiger charge is 2.13. The monoisotopic (exact) mass is 266 g/mol. The summed E-state index contributed by atoms with van der Waals surface area (Å²) in [5.74, 6) is 0.599. The van der Waals surface area contributed by atoms with Crippen LogP contribution in [0.5, 0.6) is 0 Å². The first-order valence-electron chi connectivity index (χ1n) is 6.03. The van der Waals surface area contributed by atoms with Crippen molar-refractivity contribution < 1.29 is 4.42 Å². The van der Waals surface area contributed by atoms with Crippen molar-refractivity contribution in [1.82, 2.24) is 9.97 Å². The van der Waals surface area contributed by atoms with Gasteiger partial charge in [0.15, 0.2) is 10.6 Å². The highest BCUT2D eigenvalue weighted by Crippen LogP contribution is 2.32. The van der Waals surface area contributed by atoms with Crippen LogP contribution in [-0.2, 0) is 0 Å². The lowest BCUT2D eigenvalue weighted by molar-refractivity contribution is 0.619. The predicted molar refractivity (Wildman–Crippen MR) is 77.4 cm³/mol. The molecule has 4 aromatic rings. The quantitative estimate of drug-likeness (QED) is 0.512. The summed E-state index contributed by atoms with van der Waals surface area (Å²) in [6, 6.07) is 14.0. The minimum atomic E-state index is 0.599. The molecule has 4 rings (SSSR count). The van der Waals surface area contributed by atoms with Gasteiger partial charge in [-0.1, -0.05) is 24.3 Å². The number of aromatic nitrogens is 2. The fourth-order valence-corrected chi connectivity index (χ4v) is 3.11. The fourth-order valence-electron chi connectivity index (χ4n) is 2.14. The summed E-state index contributed by atoms with van der Waals surface area (Å²) in [4.78, 5) is 9.13. The van der Waals surface area contributed by atoms with Crippen molar-refractivity contribution in [2.24, 2.45) is 0 Å². The molecule has 0 saturated heterocycles. The third-order valence-corrected chi connectivity index (χ3v) is 4.11. The van der Waals surface area contributed by atoms with Crippen LogP contribution >= 0.6 is 11.3 Å². The molecule has 2 aromatic carbocycles. The van der Waals surface area contributed by atoms with Crippen molar-refractivity contribution in [1.29, 1.82) is 0 Å². The number of para-hydroxylation sites is 3. The van der Waals surface area contributed by atoms with Gasteiger partial charge in [0.2, 0.25) is 0 Å². The molecule has 0 saturated carbocycles. The predicted octanol–water partition coefficient (Wildman–Crippen LogP) is 4.41. The molecule has 2 heterocycles. The van der Waals surface area contributed by atoms with Crippen LogP contribution in [0.4, 0.5) is 0 Å². The maximum absolute atomic E-state index is 5.76. The van der Waals surface area contributed by atoms with Gasteiger partial charge >= 0.3 is 0 Å². The van der Waals surface area contributed by atoms with Crippen LogP contribution in [-0.4, -0.2) is 9.97 Å². The van der Waals surface area contributed by atoms with Crippen LogP contribution in [0.15, 0.2) is 46.9 Å². The molecule has 0 fully saturated rings. The van der Waals surface area contributed by atoms with Crippen LogP contribution in [0.25, 0.3) is 32.2 Å². The Kier molecular flexibility index (Phi) is 2.19. The van der Waals surface area contributed by atoms with Crippen molar-refractivity contribution in [3.63, 3.8) is 0 Å². The SMILES string of the molecule is Cc1cccc2sc(-c3nc4ccccc4o3)nc12. The smallest absolute Gasteiger partial charge is 0.256 e. The number of nitrogens with zero attached hydrogens (tertiary/aromatic N) is 2. The molecule has 19 heavy (non-hydrogen) atoms. The normalized spacial score (nSPS) is 11.4. The average Bonchev–Trinajstić information content (AvgIpc) is 3.02. The van der Waals surface area contributed by atoms with Crippen LogP contribution in [0, 0.1) is 6.92 Å². The number of hydrogen-bond acceptors (Lipinski definition) is 4. The fraction of sp³-hybridized carbons (Fsp3) is 0.0667. The summed E-state index contributed by atoms with van der Waals surface area (Å²) < 4.78 is 6.92. The number of aryl methyl sites for hydroxylation is 1. The van der Waals surface area contributed by atoms with Gasteiger partial charge in [0.25, 0.3) is 5.89 Å². The van der Waals surface area contributed by atoms with E-state index in [1.807, 2.05) is 30.3 Å². The second-order valence-electron chi connectivity index (χ2n) is 4.43. The molecule has 92 valence electrons. The number of rotatable bonds is 1. The van der Waals surface area contributed by atoms with Crippen LogP contribution in [0.2, 0.25) is 0 Å². The minimum Gasteiger partial charge on any atom is -0.434 e. The van der Waals surface area contributed by atoms with Gasteiger partial charge < -0.3 is 4.42 Å². The summed E-state index contributed by atoms with van der Waals surface area (Å²) in [6.07, 6.45) is 0. The van der Waals surface area contributed by atoms with Gasteiger partial charge in [-0.05, 0) is 30.7 Å². The molecular formula is C15H10N2OS. The van der Waals surface area contributed by atoms with E-state index in [4.69, 9.17) is 4.42 Å². The van der Waals surface area contributed by atoms with Crippen molar-refractivity contribution in [3.05, 3.63) is 48.0 Å². The molecule has 2 aromatic heterocycles. The van der Waals surface area contributed by atoms with E-state index >= 15 is 0 Å². The summed E-state index contributed by atoms with van der Waals surface area (Å²) >= 11 is 1.61. The van der Waals surface area contributed by atoms with E-state index in [-0.39, 0.29) is 0 Å². The molecule has 0 aliphatic carbocycles. The van der Waals surface area contributed by atoms with E-state index in [9.17, 15) is 0 Å². The van der Waals surface area contributed by atoms with Gasteiger partial charge in [-0.2, -0.15) is 0 Å². The van der Waals surface area contributed by atoms with Gasteiger partial charge in [-0.3, -0.25) is 0 Å². The second-order valence-corrected chi connectivity index (χ2v) is 5.46. The van der Waals surface area contributed by atoms with E-state index < -0.39 is 0 Å². The standard InChI is InChI=1S/C15H10N2OS/c1-9-5-4-8-12-13(9)17-15(19-12)14-16-10-6-2-3-7-11(10)18-14/h2-8H,1H3. The summed E-state index contributed by atoms with van der Waals surface area (Å²) in [5.41, 5.74) is 3.88. The number of benzene rings is 2. The van der Waals surface area contributed by atoms with E-state index in [0.717, 1.165) is 26.3 Å². The molecule has 0 unspecified atom stereocenters. The van der Waals surface area contributed by atoms with Crippen molar-refractivity contribution in [2.75, 3.05) is 0 Å². The number of thiazole rings is 1. The lowest BCUT2D eigenvalue weighted by atomic mass is 10.2. The Morgan fingerprint density at radius 1 is 1.00 bits per heavy atom. The first-order chi connectivity index (χ1) is 9.31. The third-order valence-electron chi connectivity index (χ3n) is 3.10. The molecule has 0 bridgehead atoms. The Balaban J connectivity index is 1.96. The molecule has 0 aliphatic rings. The summed E-state index contributed by atoms with van der Waals surface area (Å²) in [5, 5.41) is 0.834. The van der Waals surface area contributed by atoms with Gasteiger partial charge in [0.05, 0.1) is 10.2 Å². The zero-order valence-corrected chi connectivity index (χ0v) is 11.1. The highest BCUT2D eigenvalue weighted by molar-refractivity contribution is 7.21. The van der Waals surface area contributed by atoms with Crippen LogP contribution in [0.1, 0.15) is 5.56 Å². The Morgan fingerprint density at radius 3 is 2.74 bits per heavy atom. The Morgan fingerprint density at radius 2 is 1.89 bits per heavy atom.